The van der Waals surface area contributed by atoms with E-state index >= 15 is 0 Å². The van der Waals surface area contributed by atoms with Crippen LogP contribution in [0.15, 0.2) is 48.5 Å². The second-order valence-corrected chi connectivity index (χ2v) is 8.04. The van der Waals surface area contributed by atoms with Crippen molar-refractivity contribution in [3.8, 4) is 11.5 Å². The summed E-state index contributed by atoms with van der Waals surface area (Å²) in [4.78, 5) is 2.23. The number of halogens is 3. The minimum absolute atomic E-state index is 0.0649. The highest BCUT2D eigenvalue weighted by Gasteiger charge is 2.35. The van der Waals surface area contributed by atoms with Gasteiger partial charge in [0.1, 0.15) is 12.7 Å². The van der Waals surface area contributed by atoms with Crippen LogP contribution in [0.3, 0.4) is 0 Å². The lowest BCUT2D eigenvalue weighted by Gasteiger charge is -2.40. The topological polar surface area (TPSA) is 33.7 Å². The zero-order valence-corrected chi connectivity index (χ0v) is 17.0. The summed E-state index contributed by atoms with van der Waals surface area (Å²) in [5.74, 6) is 1.97. The number of fused-ring (bicyclic) bond motifs is 1. The Hall–Kier alpha value is -2.25. The number of ether oxygens (including phenoxy) is 2. The Kier molecular flexibility index (Phi) is 6.20. The average Bonchev–Trinajstić information content (AvgIpc) is 2.75. The number of benzene rings is 2. The molecule has 0 aromatic heterocycles. The van der Waals surface area contributed by atoms with Crippen molar-refractivity contribution in [3.63, 3.8) is 0 Å². The first kappa shape index (κ1) is 21.0. The molecule has 0 saturated carbocycles. The van der Waals surface area contributed by atoms with E-state index in [2.05, 4.69) is 10.2 Å². The van der Waals surface area contributed by atoms with Crippen LogP contribution < -0.4 is 14.8 Å². The van der Waals surface area contributed by atoms with Gasteiger partial charge >= 0.3 is 6.18 Å². The van der Waals surface area contributed by atoms with Gasteiger partial charge in [-0.05, 0) is 62.7 Å². The molecule has 0 radical (unpaired) electrons. The maximum absolute atomic E-state index is 13.0. The molecule has 2 aromatic carbocycles. The summed E-state index contributed by atoms with van der Waals surface area (Å²) >= 11 is 0. The van der Waals surface area contributed by atoms with E-state index in [1.807, 2.05) is 31.3 Å². The Morgan fingerprint density at radius 2 is 1.80 bits per heavy atom. The predicted octanol–water partition coefficient (Wildman–Crippen LogP) is 4.35. The number of rotatable bonds is 5. The molecule has 0 bridgehead atoms. The maximum atomic E-state index is 13.0. The molecule has 2 aliphatic heterocycles. The third-order valence-corrected chi connectivity index (χ3v) is 6.07. The normalized spacial score (nSPS) is 21.4. The molecule has 2 heterocycles. The SMILES string of the molecule is CNC(C1CCN(Cc2cccc(C(F)(F)F)c2)CC1)C1COc2ccccc2O1. The van der Waals surface area contributed by atoms with Crippen LogP contribution in [0, 0.1) is 5.92 Å². The number of alkyl halides is 3. The molecule has 1 saturated heterocycles. The molecule has 4 nitrogen and oxygen atoms in total. The summed E-state index contributed by atoms with van der Waals surface area (Å²) in [6.45, 7) is 2.75. The van der Waals surface area contributed by atoms with E-state index in [1.54, 1.807) is 6.07 Å². The van der Waals surface area contributed by atoms with Crippen molar-refractivity contribution in [2.75, 3.05) is 26.7 Å². The molecule has 0 amide bonds. The van der Waals surface area contributed by atoms with Crippen molar-refractivity contribution in [1.29, 1.82) is 0 Å². The van der Waals surface area contributed by atoms with Gasteiger partial charge in [0.15, 0.2) is 11.5 Å². The molecule has 7 heteroatoms. The predicted molar refractivity (Wildman–Crippen MR) is 109 cm³/mol. The van der Waals surface area contributed by atoms with Gasteiger partial charge in [-0.3, -0.25) is 4.90 Å². The van der Waals surface area contributed by atoms with Crippen LogP contribution in [0.4, 0.5) is 13.2 Å². The van der Waals surface area contributed by atoms with Crippen LogP contribution in [-0.4, -0.2) is 43.8 Å². The van der Waals surface area contributed by atoms with Gasteiger partial charge in [-0.25, -0.2) is 0 Å². The molecular weight excluding hydrogens is 393 g/mol. The van der Waals surface area contributed by atoms with Gasteiger partial charge in [-0.15, -0.1) is 0 Å². The quantitative estimate of drug-likeness (QED) is 0.780. The number of likely N-dealkylation sites (tertiary alicyclic amines) is 1. The highest BCUT2D eigenvalue weighted by atomic mass is 19.4. The van der Waals surface area contributed by atoms with Gasteiger partial charge in [-0.2, -0.15) is 13.2 Å². The molecule has 30 heavy (non-hydrogen) atoms. The summed E-state index contributed by atoms with van der Waals surface area (Å²) in [6, 6.07) is 13.5. The van der Waals surface area contributed by atoms with E-state index in [4.69, 9.17) is 9.47 Å². The molecule has 1 N–H and O–H groups in total. The van der Waals surface area contributed by atoms with Gasteiger partial charge in [0.2, 0.25) is 0 Å². The monoisotopic (exact) mass is 420 g/mol. The Morgan fingerprint density at radius 1 is 1.07 bits per heavy atom. The molecule has 0 spiro atoms. The number of para-hydroxylation sites is 2. The van der Waals surface area contributed by atoms with Crippen molar-refractivity contribution in [3.05, 3.63) is 59.7 Å². The minimum atomic E-state index is -4.30. The fourth-order valence-corrected chi connectivity index (χ4v) is 4.51. The Bertz CT molecular complexity index is 850. The van der Waals surface area contributed by atoms with E-state index in [1.165, 1.54) is 12.1 Å². The number of piperidine rings is 1. The summed E-state index contributed by atoms with van der Waals surface area (Å²) in [6.07, 6.45) is -2.44. The van der Waals surface area contributed by atoms with Crippen molar-refractivity contribution in [2.24, 2.45) is 5.92 Å². The summed E-state index contributed by atoms with van der Waals surface area (Å²) < 4.78 is 50.9. The highest BCUT2D eigenvalue weighted by Crippen LogP contribution is 2.34. The van der Waals surface area contributed by atoms with E-state index in [0.717, 1.165) is 43.5 Å². The van der Waals surface area contributed by atoms with Crippen LogP contribution in [0.25, 0.3) is 0 Å². The zero-order valence-electron chi connectivity index (χ0n) is 17.0. The first-order chi connectivity index (χ1) is 14.4. The van der Waals surface area contributed by atoms with Crippen LogP contribution in [0.1, 0.15) is 24.0 Å². The summed E-state index contributed by atoms with van der Waals surface area (Å²) in [5.41, 5.74) is 0.119. The van der Waals surface area contributed by atoms with Crippen LogP contribution in [0.5, 0.6) is 11.5 Å². The van der Waals surface area contributed by atoms with Gasteiger partial charge in [0.05, 0.1) is 11.6 Å². The fraction of sp³-hybridized carbons (Fsp3) is 0.478. The number of hydrogen-bond acceptors (Lipinski definition) is 4. The molecule has 0 aliphatic carbocycles. The lowest BCUT2D eigenvalue weighted by Crippen LogP contribution is -2.53. The number of nitrogens with one attached hydrogen (secondary N) is 1. The van der Waals surface area contributed by atoms with Crippen LogP contribution in [0.2, 0.25) is 0 Å². The van der Waals surface area contributed by atoms with Gasteiger partial charge in [0.25, 0.3) is 0 Å². The molecule has 2 aliphatic rings. The number of likely N-dealkylation sites (N-methyl/N-ethyl adjacent to an activating group) is 1. The maximum Gasteiger partial charge on any atom is 0.416 e. The zero-order chi connectivity index (χ0) is 21.1. The molecule has 2 aromatic rings. The second kappa shape index (κ2) is 8.86. The second-order valence-electron chi connectivity index (χ2n) is 8.04. The fourth-order valence-electron chi connectivity index (χ4n) is 4.51. The van der Waals surface area contributed by atoms with Gasteiger partial charge in [-0.1, -0.05) is 30.3 Å². The largest absolute Gasteiger partial charge is 0.486 e. The lowest BCUT2D eigenvalue weighted by atomic mass is 9.86. The summed E-state index contributed by atoms with van der Waals surface area (Å²) in [7, 11) is 1.95. The van der Waals surface area contributed by atoms with E-state index in [9.17, 15) is 13.2 Å². The van der Waals surface area contributed by atoms with E-state index in [0.29, 0.717) is 24.6 Å². The molecule has 1 fully saturated rings. The van der Waals surface area contributed by atoms with Crippen LogP contribution >= 0.6 is 0 Å². The van der Waals surface area contributed by atoms with Crippen LogP contribution in [-0.2, 0) is 12.7 Å². The summed E-state index contributed by atoms with van der Waals surface area (Å²) in [5, 5.41) is 3.41. The van der Waals surface area contributed by atoms with Gasteiger partial charge in [0, 0.05) is 6.54 Å². The first-order valence-corrected chi connectivity index (χ1v) is 10.4. The highest BCUT2D eigenvalue weighted by molar-refractivity contribution is 5.40. The van der Waals surface area contributed by atoms with E-state index in [-0.39, 0.29) is 12.1 Å². The van der Waals surface area contributed by atoms with Crippen molar-refractivity contribution >= 4 is 0 Å². The molecule has 2 atom stereocenters. The first-order valence-electron chi connectivity index (χ1n) is 10.4. The number of hydrogen-bond donors (Lipinski definition) is 1. The molecule has 2 unspecified atom stereocenters. The standard InChI is InChI=1S/C23H27F3N2O2/c1-27-22(21-15-29-19-7-2-3-8-20(19)30-21)17-9-11-28(12-10-17)14-16-5-4-6-18(13-16)23(24,25)26/h2-8,13,17,21-22,27H,9-12,14-15H2,1H3. The smallest absolute Gasteiger partial charge is 0.416 e. The average molecular weight is 420 g/mol. The minimum Gasteiger partial charge on any atom is -0.486 e. The lowest BCUT2D eigenvalue weighted by molar-refractivity contribution is -0.137. The number of nitrogens with zero attached hydrogens (tertiary/aromatic N) is 1. The van der Waals surface area contributed by atoms with Crippen molar-refractivity contribution in [1.82, 2.24) is 10.2 Å². The Morgan fingerprint density at radius 3 is 2.50 bits per heavy atom. The Labute approximate surface area is 175 Å². The van der Waals surface area contributed by atoms with Crippen molar-refractivity contribution in [2.45, 2.75) is 37.7 Å². The third kappa shape index (κ3) is 4.73. The third-order valence-electron chi connectivity index (χ3n) is 6.07. The Balaban J connectivity index is 1.34. The van der Waals surface area contributed by atoms with Gasteiger partial charge < -0.3 is 14.8 Å². The van der Waals surface area contributed by atoms with E-state index < -0.39 is 11.7 Å². The molecule has 4 rings (SSSR count). The molecule has 162 valence electrons. The van der Waals surface area contributed by atoms with Crippen molar-refractivity contribution < 1.29 is 22.6 Å². The molecular formula is C23H27F3N2O2.